The van der Waals surface area contributed by atoms with Crippen molar-refractivity contribution in [2.75, 3.05) is 14.1 Å². The third-order valence-electron chi connectivity index (χ3n) is 3.96. The highest BCUT2D eigenvalue weighted by atomic mass is 19.1. The van der Waals surface area contributed by atoms with Gasteiger partial charge in [0.15, 0.2) is 0 Å². The quantitative estimate of drug-likeness (QED) is 0.913. The topological polar surface area (TPSA) is 40.5 Å². The Morgan fingerprint density at radius 2 is 2.00 bits per heavy atom. The van der Waals surface area contributed by atoms with Gasteiger partial charge in [-0.25, -0.2) is 8.78 Å². The summed E-state index contributed by atoms with van der Waals surface area (Å²) >= 11 is 0. The molecule has 1 fully saturated rings. The van der Waals surface area contributed by atoms with Crippen LogP contribution in [0.4, 0.5) is 8.78 Å². The average Bonchev–Trinajstić information content (AvgIpc) is 2.26. The maximum atomic E-state index is 13.9. The third-order valence-corrected chi connectivity index (χ3v) is 3.96. The molecule has 0 bridgehead atoms. The van der Waals surface area contributed by atoms with Crippen molar-refractivity contribution in [3.8, 4) is 0 Å². The van der Waals surface area contributed by atoms with Crippen molar-refractivity contribution < 1.29 is 18.7 Å². The number of carbonyl (C=O) groups is 1. The van der Waals surface area contributed by atoms with Crippen LogP contribution in [0.5, 0.6) is 0 Å². The van der Waals surface area contributed by atoms with Gasteiger partial charge in [0.05, 0.1) is 11.5 Å². The molecule has 0 amide bonds. The summed E-state index contributed by atoms with van der Waals surface area (Å²) in [4.78, 5) is 13.2. The third kappa shape index (κ3) is 2.23. The molecule has 1 unspecified atom stereocenters. The van der Waals surface area contributed by atoms with Gasteiger partial charge in [-0.3, -0.25) is 4.79 Å². The summed E-state index contributed by atoms with van der Waals surface area (Å²) in [5.74, 6) is -2.06. The van der Waals surface area contributed by atoms with Crippen LogP contribution in [0.15, 0.2) is 18.2 Å². The molecule has 104 valence electrons. The summed E-state index contributed by atoms with van der Waals surface area (Å²) in [5, 5.41) is 9.48. The van der Waals surface area contributed by atoms with Crippen LogP contribution in [0.1, 0.15) is 30.9 Å². The van der Waals surface area contributed by atoms with Gasteiger partial charge in [0, 0.05) is 5.56 Å². The van der Waals surface area contributed by atoms with Crippen molar-refractivity contribution in [1.82, 2.24) is 4.90 Å². The lowest BCUT2D eigenvalue weighted by Gasteiger charge is -2.47. The first-order valence-electron chi connectivity index (χ1n) is 6.23. The van der Waals surface area contributed by atoms with E-state index in [-0.39, 0.29) is 5.56 Å². The van der Waals surface area contributed by atoms with Gasteiger partial charge >= 0.3 is 5.97 Å². The lowest BCUT2D eigenvalue weighted by Crippen LogP contribution is -2.48. The van der Waals surface area contributed by atoms with E-state index in [4.69, 9.17) is 0 Å². The maximum Gasteiger partial charge on any atom is 0.311 e. The summed E-state index contributed by atoms with van der Waals surface area (Å²) < 4.78 is 27.3. The van der Waals surface area contributed by atoms with Crippen molar-refractivity contribution in [3.05, 3.63) is 35.4 Å². The van der Waals surface area contributed by atoms with Gasteiger partial charge in [0.1, 0.15) is 11.6 Å². The molecule has 1 N–H and O–H groups in total. The standard InChI is InChI=1S/C14H17F2NO2/c1-17(2)12(14(13(18)19)6-3-7-14)10-8-9(15)4-5-11(10)16/h4-5,8,12H,3,6-7H2,1-2H3,(H,18,19). The molecular weight excluding hydrogens is 252 g/mol. The number of halogens is 2. The van der Waals surface area contributed by atoms with Crippen molar-refractivity contribution in [2.45, 2.75) is 25.3 Å². The van der Waals surface area contributed by atoms with E-state index in [9.17, 15) is 18.7 Å². The van der Waals surface area contributed by atoms with Crippen LogP contribution >= 0.6 is 0 Å². The molecule has 0 saturated heterocycles. The fraction of sp³-hybridized carbons (Fsp3) is 0.500. The maximum absolute atomic E-state index is 13.9. The van der Waals surface area contributed by atoms with E-state index in [1.165, 1.54) is 0 Å². The molecule has 2 rings (SSSR count). The molecule has 1 aliphatic carbocycles. The van der Waals surface area contributed by atoms with Crippen molar-refractivity contribution in [2.24, 2.45) is 5.41 Å². The Balaban J connectivity index is 2.52. The molecule has 1 aliphatic rings. The zero-order chi connectivity index (χ0) is 14.2. The number of carboxylic acid groups (broad SMARTS) is 1. The smallest absolute Gasteiger partial charge is 0.311 e. The van der Waals surface area contributed by atoms with Crippen LogP contribution in [0.25, 0.3) is 0 Å². The van der Waals surface area contributed by atoms with Gasteiger partial charge in [-0.15, -0.1) is 0 Å². The van der Waals surface area contributed by atoms with Crippen molar-refractivity contribution in [1.29, 1.82) is 0 Å². The van der Waals surface area contributed by atoms with E-state index in [0.29, 0.717) is 12.8 Å². The van der Waals surface area contributed by atoms with Crippen LogP contribution in [-0.2, 0) is 4.79 Å². The SMILES string of the molecule is CN(C)C(c1cc(F)ccc1F)C1(C(=O)O)CCC1. The number of benzene rings is 1. The molecule has 3 nitrogen and oxygen atoms in total. The minimum absolute atomic E-state index is 0.118. The van der Waals surface area contributed by atoms with E-state index in [1.54, 1.807) is 19.0 Å². The Morgan fingerprint density at radius 1 is 1.37 bits per heavy atom. The van der Waals surface area contributed by atoms with Gasteiger partial charge in [-0.05, 0) is 45.1 Å². The molecule has 1 atom stereocenters. The van der Waals surface area contributed by atoms with Crippen LogP contribution < -0.4 is 0 Å². The lowest BCUT2D eigenvalue weighted by atomic mass is 9.62. The highest BCUT2D eigenvalue weighted by Crippen LogP contribution is 2.52. The monoisotopic (exact) mass is 269 g/mol. The van der Waals surface area contributed by atoms with Gasteiger partial charge in [-0.2, -0.15) is 0 Å². The molecule has 0 spiro atoms. The second-order valence-electron chi connectivity index (χ2n) is 5.35. The van der Waals surface area contributed by atoms with Gasteiger partial charge in [0.25, 0.3) is 0 Å². The lowest BCUT2D eigenvalue weighted by molar-refractivity contribution is -0.161. The normalized spacial score (nSPS) is 19.0. The number of carboxylic acids is 1. The highest BCUT2D eigenvalue weighted by Gasteiger charge is 2.52. The predicted octanol–water partition coefficient (Wildman–Crippen LogP) is 2.82. The zero-order valence-electron chi connectivity index (χ0n) is 11.0. The molecule has 0 aliphatic heterocycles. The first-order valence-corrected chi connectivity index (χ1v) is 6.23. The molecule has 0 aromatic heterocycles. The molecular formula is C14H17F2NO2. The Hall–Kier alpha value is -1.49. The number of nitrogens with zero attached hydrogens (tertiary/aromatic N) is 1. The molecule has 5 heteroatoms. The first kappa shape index (κ1) is 13.9. The molecule has 0 radical (unpaired) electrons. The van der Waals surface area contributed by atoms with E-state index < -0.39 is 29.1 Å². The minimum atomic E-state index is -1.02. The number of hydrogen-bond acceptors (Lipinski definition) is 2. The largest absolute Gasteiger partial charge is 0.481 e. The van der Waals surface area contributed by atoms with Crippen molar-refractivity contribution >= 4 is 5.97 Å². The van der Waals surface area contributed by atoms with E-state index >= 15 is 0 Å². The Kier molecular flexibility index (Phi) is 3.58. The Labute approximate surface area is 110 Å². The Morgan fingerprint density at radius 3 is 2.42 bits per heavy atom. The number of aliphatic carboxylic acids is 1. The van der Waals surface area contributed by atoms with Gasteiger partial charge in [-0.1, -0.05) is 6.42 Å². The van der Waals surface area contributed by atoms with Gasteiger partial charge in [0.2, 0.25) is 0 Å². The fourth-order valence-electron chi connectivity index (χ4n) is 2.96. The highest BCUT2D eigenvalue weighted by molar-refractivity contribution is 5.77. The number of rotatable bonds is 4. The summed E-state index contributed by atoms with van der Waals surface area (Å²) in [5.41, 5.74) is -0.898. The van der Waals surface area contributed by atoms with E-state index in [0.717, 1.165) is 24.6 Å². The molecule has 1 aromatic rings. The van der Waals surface area contributed by atoms with E-state index in [2.05, 4.69) is 0 Å². The fourth-order valence-corrected chi connectivity index (χ4v) is 2.96. The summed E-state index contributed by atoms with van der Waals surface area (Å²) in [6.45, 7) is 0. The van der Waals surface area contributed by atoms with Crippen LogP contribution in [-0.4, -0.2) is 30.1 Å². The minimum Gasteiger partial charge on any atom is -0.481 e. The van der Waals surface area contributed by atoms with Crippen molar-refractivity contribution in [3.63, 3.8) is 0 Å². The van der Waals surface area contributed by atoms with E-state index in [1.807, 2.05) is 0 Å². The molecule has 1 saturated carbocycles. The van der Waals surface area contributed by atoms with Crippen LogP contribution in [0.2, 0.25) is 0 Å². The Bertz CT molecular complexity index is 498. The average molecular weight is 269 g/mol. The second kappa shape index (κ2) is 4.89. The van der Waals surface area contributed by atoms with Crippen LogP contribution in [0.3, 0.4) is 0 Å². The summed E-state index contributed by atoms with van der Waals surface area (Å²) in [6, 6.07) is 2.53. The van der Waals surface area contributed by atoms with Gasteiger partial charge < -0.3 is 10.0 Å². The first-order chi connectivity index (χ1) is 8.88. The zero-order valence-corrected chi connectivity index (χ0v) is 11.0. The second-order valence-corrected chi connectivity index (χ2v) is 5.35. The summed E-state index contributed by atoms with van der Waals surface area (Å²) in [7, 11) is 3.38. The molecule has 1 aromatic carbocycles. The summed E-state index contributed by atoms with van der Waals surface area (Å²) in [6.07, 6.45) is 1.77. The predicted molar refractivity (Wildman–Crippen MR) is 66.7 cm³/mol. The molecule has 0 heterocycles. The number of hydrogen-bond donors (Lipinski definition) is 1. The molecule has 19 heavy (non-hydrogen) atoms. The van der Waals surface area contributed by atoms with Crippen LogP contribution in [0, 0.1) is 17.0 Å².